The van der Waals surface area contributed by atoms with Crippen molar-refractivity contribution in [3.8, 4) is 0 Å². The van der Waals surface area contributed by atoms with Crippen LogP contribution in [0.3, 0.4) is 0 Å². The minimum Gasteiger partial charge on any atom is -0.383 e. The quantitative estimate of drug-likeness (QED) is 0.608. The maximum Gasteiger partial charge on any atom is 0.240 e. The second kappa shape index (κ2) is 11.8. The minimum absolute atomic E-state index is 0.0464. The highest BCUT2D eigenvalue weighted by Crippen LogP contribution is 2.24. The number of hydrogen-bond donors (Lipinski definition) is 1. The molecule has 2 aliphatic rings. The molecule has 0 spiro atoms. The van der Waals surface area contributed by atoms with E-state index < -0.39 is 11.6 Å². The van der Waals surface area contributed by atoms with Crippen LogP contribution in [0.5, 0.6) is 0 Å². The average molecular weight is 473 g/mol. The number of likely N-dealkylation sites (tertiary alicyclic amines) is 1. The number of carbonyl (C=O) groups excluding carboxylic acids is 1. The monoisotopic (exact) mass is 472 g/mol. The highest BCUT2D eigenvalue weighted by molar-refractivity contribution is 5.82. The standard InChI is InChI=1S/C26H34F2N4O2/c1-34-14-13-30-9-11-31(12-10-30)26(33)25-16-23(19-32(25)18-20-5-3-2-4-6-20)29-17-21-7-8-22(27)15-24(21)28/h2-8,15,23,25,29H,9-14,16-19H2,1H3/t23-,25-/m0/s1. The molecule has 184 valence electrons. The third-order valence-electron chi connectivity index (χ3n) is 6.81. The molecule has 2 saturated heterocycles. The molecule has 0 unspecified atom stereocenters. The molecule has 2 aliphatic heterocycles. The highest BCUT2D eigenvalue weighted by atomic mass is 19.1. The summed E-state index contributed by atoms with van der Waals surface area (Å²) in [7, 11) is 1.70. The lowest BCUT2D eigenvalue weighted by Crippen LogP contribution is -2.53. The summed E-state index contributed by atoms with van der Waals surface area (Å²) in [6.45, 7) is 6.41. The van der Waals surface area contributed by atoms with E-state index >= 15 is 0 Å². The molecule has 8 heteroatoms. The maximum atomic E-state index is 14.1. The predicted molar refractivity (Wildman–Crippen MR) is 127 cm³/mol. The number of nitrogens with zero attached hydrogens (tertiary/aromatic N) is 3. The van der Waals surface area contributed by atoms with Crippen LogP contribution in [0.1, 0.15) is 17.5 Å². The van der Waals surface area contributed by atoms with Gasteiger partial charge in [0.25, 0.3) is 0 Å². The highest BCUT2D eigenvalue weighted by Gasteiger charge is 2.39. The molecule has 2 fully saturated rings. The van der Waals surface area contributed by atoms with Gasteiger partial charge in [0, 0.05) is 77.1 Å². The Morgan fingerprint density at radius 1 is 1.09 bits per heavy atom. The second-order valence-electron chi connectivity index (χ2n) is 9.14. The van der Waals surface area contributed by atoms with E-state index in [9.17, 15) is 13.6 Å². The van der Waals surface area contributed by atoms with E-state index in [0.717, 1.165) is 44.4 Å². The van der Waals surface area contributed by atoms with Crippen LogP contribution in [0.2, 0.25) is 0 Å². The number of halogens is 2. The Hall–Kier alpha value is -2.39. The van der Waals surface area contributed by atoms with E-state index in [0.29, 0.717) is 38.2 Å². The van der Waals surface area contributed by atoms with Gasteiger partial charge in [-0.1, -0.05) is 36.4 Å². The number of amides is 1. The summed E-state index contributed by atoms with van der Waals surface area (Å²) in [6.07, 6.45) is 0.665. The van der Waals surface area contributed by atoms with Gasteiger partial charge in [-0.15, -0.1) is 0 Å². The van der Waals surface area contributed by atoms with Gasteiger partial charge in [-0.3, -0.25) is 14.6 Å². The summed E-state index contributed by atoms with van der Waals surface area (Å²) in [6, 6.07) is 13.6. The van der Waals surface area contributed by atoms with Gasteiger partial charge in [0.05, 0.1) is 12.6 Å². The first-order valence-electron chi connectivity index (χ1n) is 12.0. The van der Waals surface area contributed by atoms with Gasteiger partial charge in [0.2, 0.25) is 5.91 Å². The third-order valence-corrected chi connectivity index (χ3v) is 6.81. The summed E-state index contributed by atoms with van der Waals surface area (Å²) in [5, 5.41) is 3.39. The molecule has 0 aromatic heterocycles. The van der Waals surface area contributed by atoms with Gasteiger partial charge >= 0.3 is 0 Å². The fourth-order valence-corrected chi connectivity index (χ4v) is 4.84. The van der Waals surface area contributed by atoms with E-state index in [1.54, 1.807) is 7.11 Å². The van der Waals surface area contributed by atoms with Gasteiger partial charge in [-0.05, 0) is 18.1 Å². The molecule has 34 heavy (non-hydrogen) atoms. The summed E-state index contributed by atoms with van der Waals surface area (Å²) in [4.78, 5) is 20.1. The Balaban J connectivity index is 1.40. The second-order valence-corrected chi connectivity index (χ2v) is 9.14. The molecule has 0 bridgehead atoms. The summed E-state index contributed by atoms with van der Waals surface area (Å²) in [5.41, 5.74) is 1.59. The van der Waals surface area contributed by atoms with Crippen molar-refractivity contribution in [1.29, 1.82) is 0 Å². The fourth-order valence-electron chi connectivity index (χ4n) is 4.84. The molecular weight excluding hydrogens is 438 g/mol. The molecule has 0 aliphatic carbocycles. The van der Waals surface area contributed by atoms with Gasteiger partial charge in [-0.2, -0.15) is 0 Å². The lowest BCUT2D eigenvalue weighted by atomic mass is 10.1. The average Bonchev–Trinajstić information content (AvgIpc) is 3.25. The largest absolute Gasteiger partial charge is 0.383 e. The lowest BCUT2D eigenvalue weighted by molar-refractivity contribution is -0.138. The van der Waals surface area contributed by atoms with E-state index in [-0.39, 0.29) is 18.0 Å². The van der Waals surface area contributed by atoms with Crippen LogP contribution in [-0.2, 0) is 22.6 Å². The molecule has 1 N–H and O–H groups in total. The maximum absolute atomic E-state index is 14.1. The van der Waals surface area contributed by atoms with Crippen molar-refractivity contribution in [2.24, 2.45) is 0 Å². The van der Waals surface area contributed by atoms with Crippen LogP contribution in [0.15, 0.2) is 48.5 Å². The number of piperazine rings is 1. The molecule has 2 heterocycles. The normalized spacial score (nSPS) is 21.8. The van der Waals surface area contributed by atoms with Crippen LogP contribution in [0.25, 0.3) is 0 Å². The van der Waals surface area contributed by atoms with E-state index in [2.05, 4.69) is 27.2 Å². The first kappa shape index (κ1) is 24.7. The molecule has 4 rings (SSSR count). The molecular formula is C26H34F2N4O2. The molecule has 0 radical (unpaired) electrons. The van der Waals surface area contributed by atoms with Gasteiger partial charge in [0.1, 0.15) is 11.6 Å². The molecule has 0 saturated carbocycles. The van der Waals surface area contributed by atoms with Crippen molar-refractivity contribution in [2.45, 2.75) is 31.6 Å². The SMILES string of the molecule is COCCN1CCN(C(=O)[C@@H]2C[C@H](NCc3ccc(F)cc3F)CN2Cc2ccccc2)CC1. The number of hydrogen-bond acceptors (Lipinski definition) is 5. The van der Waals surface area contributed by atoms with Crippen molar-refractivity contribution in [1.82, 2.24) is 20.0 Å². The van der Waals surface area contributed by atoms with E-state index in [1.165, 1.54) is 12.1 Å². The Labute approximate surface area is 200 Å². The number of benzene rings is 2. The Morgan fingerprint density at radius 2 is 1.85 bits per heavy atom. The number of nitrogens with one attached hydrogen (secondary N) is 1. The number of ether oxygens (including phenoxy) is 1. The first-order chi connectivity index (χ1) is 16.5. The molecule has 1 amide bonds. The Bertz CT molecular complexity index is 938. The van der Waals surface area contributed by atoms with E-state index in [1.807, 2.05) is 23.1 Å². The van der Waals surface area contributed by atoms with Crippen molar-refractivity contribution in [3.63, 3.8) is 0 Å². The lowest BCUT2D eigenvalue weighted by Gasteiger charge is -2.37. The topological polar surface area (TPSA) is 48.1 Å². The zero-order valence-corrected chi connectivity index (χ0v) is 19.8. The van der Waals surface area contributed by atoms with E-state index in [4.69, 9.17) is 4.74 Å². The summed E-state index contributed by atoms with van der Waals surface area (Å²) < 4.78 is 32.5. The summed E-state index contributed by atoms with van der Waals surface area (Å²) in [5.74, 6) is -0.964. The van der Waals surface area contributed by atoms with Gasteiger partial charge in [-0.25, -0.2) is 8.78 Å². The third kappa shape index (κ3) is 6.39. The van der Waals surface area contributed by atoms with Crippen LogP contribution in [-0.4, -0.2) is 85.7 Å². The van der Waals surface area contributed by atoms with Crippen molar-refractivity contribution >= 4 is 5.91 Å². The molecule has 6 nitrogen and oxygen atoms in total. The smallest absolute Gasteiger partial charge is 0.240 e. The minimum atomic E-state index is -0.580. The Kier molecular flexibility index (Phi) is 8.61. The van der Waals surface area contributed by atoms with Crippen LogP contribution in [0, 0.1) is 11.6 Å². The summed E-state index contributed by atoms with van der Waals surface area (Å²) >= 11 is 0. The number of carbonyl (C=O) groups is 1. The number of methoxy groups -OCH3 is 1. The van der Waals surface area contributed by atoms with Crippen LogP contribution in [0.4, 0.5) is 8.78 Å². The molecule has 2 aromatic carbocycles. The molecule has 2 atom stereocenters. The number of rotatable bonds is 9. The van der Waals surface area contributed by atoms with Gasteiger partial charge < -0.3 is 15.0 Å². The van der Waals surface area contributed by atoms with Crippen molar-refractivity contribution in [2.75, 3.05) is 53.0 Å². The van der Waals surface area contributed by atoms with Crippen LogP contribution < -0.4 is 5.32 Å². The Morgan fingerprint density at radius 3 is 2.56 bits per heavy atom. The predicted octanol–water partition coefficient (Wildman–Crippen LogP) is 2.49. The zero-order valence-electron chi connectivity index (χ0n) is 19.8. The zero-order chi connectivity index (χ0) is 23.9. The fraction of sp³-hybridized carbons (Fsp3) is 0.500. The van der Waals surface area contributed by atoms with Crippen molar-refractivity contribution in [3.05, 3.63) is 71.3 Å². The van der Waals surface area contributed by atoms with Crippen molar-refractivity contribution < 1.29 is 18.3 Å². The first-order valence-corrected chi connectivity index (χ1v) is 12.0. The van der Waals surface area contributed by atoms with Crippen LogP contribution >= 0.6 is 0 Å². The van der Waals surface area contributed by atoms with Gasteiger partial charge in [0.15, 0.2) is 0 Å². The molecule has 2 aromatic rings.